The number of benzene rings is 2. The molecule has 0 saturated carbocycles. The van der Waals surface area contributed by atoms with Gasteiger partial charge in [0.25, 0.3) is 0 Å². The Hall–Kier alpha value is -5.20. The summed E-state index contributed by atoms with van der Waals surface area (Å²) in [4.78, 5) is 38.1. The molecule has 0 unspecified atom stereocenters. The number of hydrogen-bond donors (Lipinski definition) is 0. The van der Waals surface area contributed by atoms with Crippen molar-refractivity contribution in [3.05, 3.63) is 107 Å². The fourth-order valence-electron chi connectivity index (χ4n) is 5.17. The molecule has 0 bridgehead atoms. The van der Waals surface area contributed by atoms with Gasteiger partial charge in [0, 0.05) is 51.4 Å². The smallest absolute Gasteiger partial charge is 0.356 e. The molecule has 4 rings (SSSR count). The molecular weight excluding hydrogens is 616 g/mol. The Morgan fingerprint density at radius 2 is 0.875 bits per heavy atom. The van der Waals surface area contributed by atoms with Gasteiger partial charge in [0.15, 0.2) is 0 Å². The molecule has 2 aromatic heterocycles. The van der Waals surface area contributed by atoms with Crippen molar-refractivity contribution in [2.45, 2.75) is 26.2 Å². The van der Waals surface area contributed by atoms with Gasteiger partial charge in [-0.2, -0.15) is 0 Å². The number of carbonyl (C=O) groups is 2. The van der Waals surface area contributed by atoms with Crippen LogP contribution in [0, 0.1) is 0 Å². The van der Waals surface area contributed by atoms with Gasteiger partial charge >= 0.3 is 11.9 Å². The van der Waals surface area contributed by atoms with Gasteiger partial charge in [0.1, 0.15) is 34.4 Å². The largest absolute Gasteiger partial charge is 0.497 e. The number of methoxy groups -OCH3 is 6. The van der Waals surface area contributed by atoms with Crippen molar-refractivity contribution >= 4 is 11.9 Å². The number of esters is 2. The van der Waals surface area contributed by atoms with Gasteiger partial charge < -0.3 is 28.4 Å². The van der Waals surface area contributed by atoms with Crippen molar-refractivity contribution in [2.75, 3.05) is 55.7 Å². The van der Waals surface area contributed by atoms with Crippen LogP contribution in [-0.2, 0) is 35.7 Å². The number of aromatic nitrogens is 2. The SMILES string of the molecule is COC(=O)c1cccc(CN(CCN(Cc2cc(OC)cc(OC)c2)Cc2cccc(C(=O)OC)n2)Cc2cc(OC)cc(OC)c2)n1. The number of nitrogens with zero attached hydrogens (tertiary/aromatic N) is 4. The van der Waals surface area contributed by atoms with E-state index in [0.29, 0.717) is 73.7 Å². The van der Waals surface area contributed by atoms with E-state index in [9.17, 15) is 9.59 Å². The Kier molecular flexibility index (Phi) is 13.1. The van der Waals surface area contributed by atoms with Gasteiger partial charge in [0.05, 0.1) is 54.0 Å². The first-order valence-corrected chi connectivity index (χ1v) is 15.2. The Balaban J connectivity index is 1.66. The lowest BCUT2D eigenvalue weighted by Crippen LogP contribution is -2.35. The molecule has 0 spiro atoms. The minimum atomic E-state index is -0.498. The van der Waals surface area contributed by atoms with Crippen LogP contribution in [0.15, 0.2) is 72.8 Å². The predicted octanol–water partition coefficient (Wildman–Crippen LogP) is 4.79. The van der Waals surface area contributed by atoms with Gasteiger partial charge in [-0.25, -0.2) is 19.6 Å². The molecule has 12 nitrogen and oxygen atoms in total. The zero-order valence-electron chi connectivity index (χ0n) is 28.2. The molecule has 0 fully saturated rings. The second kappa shape index (κ2) is 17.6. The van der Waals surface area contributed by atoms with Crippen LogP contribution in [0.25, 0.3) is 0 Å². The molecule has 4 aromatic rings. The summed E-state index contributed by atoms with van der Waals surface area (Å²) in [5.74, 6) is 1.73. The van der Waals surface area contributed by atoms with E-state index in [-0.39, 0.29) is 11.4 Å². The lowest BCUT2D eigenvalue weighted by molar-refractivity contribution is 0.0584. The third kappa shape index (κ3) is 10.1. The number of ether oxygens (including phenoxy) is 6. The highest BCUT2D eigenvalue weighted by Gasteiger charge is 2.17. The zero-order chi connectivity index (χ0) is 34.5. The molecule has 0 aliphatic rings. The van der Waals surface area contributed by atoms with E-state index in [0.717, 1.165) is 11.1 Å². The molecular formula is C36H42N4O8. The van der Waals surface area contributed by atoms with Crippen molar-refractivity contribution in [3.63, 3.8) is 0 Å². The third-order valence-corrected chi connectivity index (χ3v) is 7.54. The van der Waals surface area contributed by atoms with Gasteiger partial charge in [-0.05, 0) is 59.7 Å². The van der Waals surface area contributed by atoms with E-state index in [1.807, 2.05) is 48.5 Å². The molecule has 0 saturated heterocycles. The Labute approximate surface area is 281 Å². The van der Waals surface area contributed by atoms with Crippen LogP contribution in [-0.4, -0.2) is 87.5 Å². The van der Waals surface area contributed by atoms with Gasteiger partial charge in [0.2, 0.25) is 0 Å². The van der Waals surface area contributed by atoms with Crippen molar-refractivity contribution in [1.82, 2.24) is 19.8 Å². The van der Waals surface area contributed by atoms with Gasteiger partial charge in [-0.1, -0.05) is 12.1 Å². The number of pyridine rings is 2. The summed E-state index contributed by atoms with van der Waals surface area (Å²) in [6, 6.07) is 22.1. The maximum absolute atomic E-state index is 12.2. The molecule has 12 heteroatoms. The van der Waals surface area contributed by atoms with Crippen molar-refractivity contribution < 1.29 is 38.0 Å². The highest BCUT2D eigenvalue weighted by Crippen LogP contribution is 2.26. The van der Waals surface area contributed by atoms with E-state index < -0.39 is 11.9 Å². The summed E-state index contributed by atoms with van der Waals surface area (Å²) < 4.78 is 31.9. The summed E-state index contributed by atoms with van der Waals surface area (Å²) in [5.41, 5.74) is 3.86. The lowest BCUT2D eigenvalue weighted by atomic mass is 10.1. The van der Waals surface area contributed by atoms with Gasteiger partial charge in [-0.3, -0.25) is 9.80 Å². The van der Waals surface area contributed by atoms with E-state index in [1.54, 1.807) is 52.7 Å². The molecule has 254 valence electrons. The van der Waals surface area contributed by atoms with Crippen LogP contribution in [0.4, 0.5) is 0 Å². The molecule has 2 heterocycles. The third-order valence-electron chi connectivity index (χ3n) is 7.54. The van der Waals surface area contributed by atoms with E-state index in [2.05, 4.69) is 19.8 Å². The summed E-state index contributed by atoms with van der Waals surface area (Å²) in [7, 11) is 9.14. The summed E-state index contributed by atoms with van der Waals surface area (Å²) in [6.45, 7) is 3.16. The molecule has 2 aromatic carbocycles. The second-order valence-corrected chi connectivity index (χ2v) is 10.9. The predicted molar refractivity (Wildman–Crippen MR) is 178 cm³/mol. The van der Waals surface area contributed by atoms with Crippen LogP contribution in [0.3, 0.4) is 0 Å². The standard InChI is InChI=1S/C36H42N4O8/c1-43-29-15-25(16-30(19-29)44-2)21-39(23-27-9-7-11-33(37-27)35(41)47-5)13-14-40(22-26-17-31(45-3)20-32(18-26)46-4)24-28-10-8-12-34(38-28)36(42)48-6/h7-12,15-20H,13-14,21-24H2,1-6H3. The van der Waals surface area contributed by atoms with Crippen LogP contribution in [0.2, 0.25) is 0 Å². The monoisotopic (exact) mass is 658 g/mol. The maximum Gasteiger partial charge on any atom is 0.356 e. The first-order valence-electron chi connectivity index (χ1n) is 15.2. The summed E-state index contributed by atoms with van der Waals surface area (Å²) >= 11 is 0. The van der Waals surface area contributed by atoms with Crippen molar-refractivity contribution in [1.29, 1.82) is 0 Å². The fourth-order valence-corrected chi connectivity index (χ4v) is 5.17. The van der Waals surface area contributed by atoms with E-state index in [4.69, 9.17) is 28.4 Å². The quantitative estimate of drug-likeness (QED) is 0.145. The highest BCUT2D eigenvalue weighted by atomic mass is 16.5. The van der Waals surface area contributed by atoms with Crippen molar-refractivity contribution in [2.24, 2.45) is 0 Å². The van der Waals surface area contributed by atoms with E-state index in [1.165, 1.54) is 14.2 Å². The molecule has 0 atom stereocenters. The molecule has 0 radical (unpaired) electrons. The molecule has 0 aliphatic heterocycles. The Bertz CT molecular complexity index is 1510. The first-order chi connectivity index (χ1) is 23.3. The molecule has 0 amide bonds. The van der Waals surface area contributed by atoms with E-state index >= 15 is 0 Å². The fraction of sp³-hybridized carbons (Fsp3) is 0.333. The Morgan fingerprint density at radius 1 is 0.521 bits per heavy atom. The van der Waals surface area contributed by atoms with Crippen LogP contribution in [0.1, 0.15) is 43.5 Å². The topological polar surface area (TPSA) is 122 Å². The highest BCUT2D eigenvalue weighted by molar-refractivity contribution is 5.87. The maximum atomic E-state index is 12.2. The average Bonchev–Trinajstić information content (AvgIpc) is 3.12. The van der Waals surface area contributed by atoms with Crippen molar-refractivity contribution in [3.8, 4) is 23.0 Å². The summed E-state index contributed by atoms with van der Waals surface area (Å²) in [6.07, 6.45) is 0. The van der Waals surface area contributed by atoms with Crippen LogP contribution < -0.4 is 18.9 Å². The lowest BCUT2D eigenvalue weighted by Gasteiger charge is -2.28. The zero-order valence-corrected chi connectivity index (χ0v) is 28.2. The first kappa shape index (κ1) is 35.7. The normalized spacial score (nSPS) is 10.9. The van der Waals surface area contributed by atoms with Crippen LogP contribution >= 0.6 is 0 Å². The molecule has 48 heavy (non-hydrogen) atoms. The summed E-state index contributed by atoms with van der Waals surface area (Å²) in [5, 5.41) is 0. The number of carbonyl (C=O) groups excluding carboxylic acids is 2. The Morgan fingerprint density at radius 3 is 1.19 bits per heavy atom. The van der Waals surface area contributed by atoms with Gasteiger partial charge in [-0.15, -0.1) is 0 Å². The second-order valence-electron chi connectivity index (χ2n) is 10.9. The average molecular weight is 659 g/mol. The molecule has 0 aliphatic carbocycles. The number of hydrogen-bond acceptors (Lipinski definition) is 12. The molecule has 0 N–H and O–H groups in total. The number of rotatable bonds is 17. The van der Waals surface area contributed by atoms with Crippen LogP contribution in [0.5, 0.6) is 23.0 Å². The minimum Gasteiger partial charge on any atom is -0.497 e. The minimum absolute atomic E-state index is 0.239.